The fourth-order valence-corrected chi connectivity index (χ4v) is 9.20. The zero-order chi connectivity index (χ0) is 42.9. The molecule has 2 unspecified atom stereocenters. The number of carbonyl (C=O) groups is 4. The molecule has 0 aromatic heterocycles. The molecule has 4 aliphatic rings. The second-order valence-electron chi connectivity index (χ2n) is 16.1. The van der Waals surface area contributed by atoms with E-state index in [2.05, 4.69) is 16.0 Å². The van der Waals surface area contributed by atoms with E-state index in [0.717, 1.165) is 41.2 Å². The summed E-state index contributed by atoms with van der Waals surface area (Å²) in [5.74, 6) is -1.59. The summed E-state index contributed by atoms with van der Waals surface area (Å²) in [7, 11) is 0. The number of carbonyl (C=O) groups excluding carboxylic acids is 4. The third kappa shape index (κ3) is 9.98. The van der Waals surface area contributed by atoms with Crippen molar-refractivity contribution in [3.05, 3.63) is 53.6 Å². The van der Waals surface area contributed by atoms with Gasteiger partial charge in [-0.25, -0.2) is 0 Å². The van der Waals surface area contributed by atoms with Crippen LogP contribution in [-0.2, 0) is 25.4 Å². The van der Waals surface area contributed by atoms with Gasteiger partial charge in [0.25, 0.3) is 5.91 Å². The van der Waals surface area contributed by atoms with Crippen LogP contribution in [0.5, 0.6) is 0 Å². The number of halogens is 6. The van der Waals surface area contributed by atoms with Gasteiger partial charge in [-0.05, 0) is 120 Å². The average molecular weight is 849 g/mol. The topological polar surface area (TPSA) is 141 Å². The third-order valence-corrected chi connectivity index (χ3v) is 12.1. The van der Waals surface area contributed by atoms with Crippen molar-refractivity contribution in [2.75, 3.05) is 48.3 Å². The monoisotopic (exact) mass is 848 g/mol. The number of benzene rings is 2. The van der Waals surface area contributed by atoms with Crippen molar-refractivity contribution in [2.24, 2.45) is 5.92 Å². The lowest BCUT2D eigenvalue weighted by Gasteiger charge is -2.42. The van der Waals surface area contributed by atoms with Gasteiger partial charge in [0, 0.05) is 43.5 Å². The zero-order valence-corrected chi connectivity index (χ0v) is 33.4. The van der Waals surface area contributed by atoms with Gasteiger partial charge >= 0.3 is 12.4 Å². The summed E-state index contributed by atoms with van der Waals surface area (Å²) < 4.78 is 84.1. The minimum absolute atomic E-state index is 0.0427. The normalized spacial score (nSPS) is 24.5. The van der Waals surface area contributed by atoms with Crippen LogP contribution in [0.4, 0.5) is 43.4 Å². The number of nitrogens with zero attached hydrogens (tertiary/aromatic N) is 5. The van der Waals surface area contributed by atoms with E-state index in [1.807, 2.05) is 4.90 Å². The van der Waals surface area contributed by atoms with Crippen molar-refractivity contribution in [3.8, 4) is 6.07 Å². The number of hydrogen-bond acceptors (Lipinski definition) is 9. The Balaban J connectivity index is 0.971. The molecule has 19 heteroatoms. The van der Waals surface area contributed by atoms with Crippen molar-refractivity contribution < 1.29 is 45.5 Å². The molecule has 3 heterocycles. The van der Waals surface area contributed by atoms with Gasteiger partial charge in [-0.15, -0.1) is 0 Å². The second kappa shape index (κ2) is 17.4. The minimum Gasteiger partial charge on any atom is -0.374 e. The van der Waals surface area contributed by atoms with E-state index in [4.69, 9.17) is 12.2 Å². The second-order valence-corrected chi connectivity index (χ2v) is 16.5. The van der Waals surface area contributed by atoms with Gasteiger partial charge in [0.05, 0.1) is 29.4 Å². The maximum absolute atomic E-state index is 14.3. The van der Waals surface area contributed by atoms with E-state index >= 15 is 0 Å². The highest BCUT2D eigenvalue weighted by Gasteiger charge is 2.53. The summed E-state index contributed by atoms with van der Waals surface area (Å²) in [4.78, 5) is 56.0. The highest BCUT2D eigenvalue weighted by Crippen LogP contribution is 2.42. The smallest absolute Gasteiger partial charge is 0.374 e. The molecule has 6 rings (SSSR count). The van der Waals surface area contributed by atoms with Crippen molar-refractivity contribution in [1.29, 1.82) is 5.26 Å². The molecule has 1 aliphatic carbocycles. The molecule has 3 saturated heterocycles. The minimum atomic E-state index is -4.80. The first-order chi connectivity index (χ1) is 27.8. The number of piperidine rings is 1. The summed E-state index contributed by atoms with van der Waals surface area (Å²) in [6, 6.07) is 8.50. The molecule has 59 heavy (non-hydrogen) atoms. The number of amides is 4. The molecule has 0 spiro atoms. The Kier molecular flexibility index (Phi) is 12.9. The molecule has 12 nitrogen and oxygen atoms in total. The van der Waals surface area contributed by atoms with Gasteiger partial charge in [-0.3, -0.25) is 34.3 Å². The molecule has 2 aromatic carbocycles. The van der Waals surface area contributed by atoms with E-state index in [1.165, 1.54) is 6.07 Å². The molecule has 2 aromatic rings. The van der Waals surface area contributed by atoms with Crippen LogP contribution in [0.2, 0.25) is 0 Å². The van der Waals surface area contributed by atoms with Crippen LogP contribution in [0.15, 0.2) is 42.5 Å². The Morgan fingerprint density at radius 3 is 2.36 bits per heavy atom. The average Bonchev–Trinajstić information content (AvgIpc) is 3.34. The molecule has 4 fully saturated rings. The number of imide groups is 1. The molecule has 3 N–H and O–H groups in total. The van der Waals surface area contributed by atoms with E-state index in [1.54, 1.807) is 49.1 Å². The molecule has 4 amide bonds. The summed E-state index contributed by atoms with van der Waals surface area (Å²) >= 11 is 5.70. The molecular formula is C40H46F6N8O4S. The van der Waals surface area contributed by atoms with Crippen LogP contribution >= 0.6 is 12.2 Å². The maximum atomic E-state index is 14.3. The largest absolute Gasteiger partial charge is 0.417 e. The number of nitriles is 1. The molecule has 0 radical (unpaired) electrons. The van der Waals surface area contributed by atoms with Gasteiger partial charge in [-0.1, -0.05) is 6.07 Å². The third-order valence-electron chi connectivity index (χ3n) is 11.7. The number of alkyl halides is 6. The molecular weight excluding hydrogens is 803 g/mol. The van der Waals surface area contributed by atoms with Gasteiger partial charge in [0.1, 0.15) is 17.6 Å². The van der Waals surface area contributed by atoms with E-state index in [0.29, 0.717) is 56.1 Å². The Bertz CT molecular complexity index is 2000. The van der Waals surface area contributed by atoms with Crippen molar-refractivity contribution >= 4 is 58.0 Å². The van der Waals surface area contributed by atoms with Gasteiger partial charge in [0.2, 0.25) is 17.7 Å². The number of thiocarbonyl (C=S) groups is 1. The standard InChI is InChI=1S/C40H46F6N8O4S/c1-38(2)36(58)53(29-13-10-25(21-47)30(20-29)39(41,42)43)37(59)54(38)28-11-8-24(9-12-28)5-4-16-51-17-18-52(32(22-51)40(44,45)46)23-34(56)49-27-7-3-6-26(19-27)48-31-14-15-33(55)50-35(31)57/h3,6-7,10,13,19-20,24,28,31-32,48H,4-5,8-9,11-12,14-18,22-23H2,1-2H3,(H,49,56)(H,50,55,57). The molecule has 2 atom stereocenters. The highest BCUT2D eigenvalue weighted by molar-refractivity contribution is 7.80. The predicted octanol–water partition coefficient (Wildman–Crippen LogP) is 6.03. The number of anilines is 3. The SMILES string of the molecule is CC1(C)C(=O)N(c2ccc(C#N)c(C(F)(F)F)c2)C(=S)N1C1CCC(CCCN2CCN(CC(=O)Nc3cccc(NC4CCC(=O)NC4=O)c3)C(C(F)(F)F)C2)CC1. The van der Waals surface area contributed by atoms with Crippen LogP contribution in [0.1, 0.15) is 76.3 Å². The molecule has 0 bridgehead atoms. The number of piperazine rings is 1. The summed E-state index contributed by atoms with van der Waals surface area (Å²) in [6.07, 6.45) is -4.51. The summed E-state index contributed by atoms with van der Waals surface area (Å²) in [5, 5.41) is 17.2. The Labute approximate surface area is 343 Å². The van der Waals surface area contributed by atoms with Crippen molar-refractivity contribution in [1.82, 2.24) is 20.0 Å². The first-order valence-corrected chi connectivity index (χ1v) is 20.0. The van der Waals surface area contributed by atoms with Crippen LogP contribution in [0.25, 0.3) is 0 Å². The Morgan fingerprint density at radius 1 is 0.983 bits per heavy atom. The lowest BCUT2D eigenvalue weighted by Crippen LogP contribution is -2.60. The summed E-state index contributed by atoms with van der Waals surface area (Å²) in [5.41, 5.74) is -2.04. The zero-order valence-electron chi connectivity index (χ0n) is 32.6. The molecule has 318 valence electrons. The van der Waals surface area contributed by atoms with E-state index in [9.17, 15) is 50.8 Å². The quantitative estimate of drug-likeness (QED) is 0.140. The van der Waals surface area contributed by atoms with E-state index < -0.39 is 65.4 Å². The molecule has 3 aliphatic heterocycles. The number of nitrogens with one attached hydrogen (secondary N) is 3. The van der Waals surface area contributed by atoms with Gasteiger partial charge in [0.15, 0.2) is 5.11 Å². The van der Waals surface area contributed by atoms with Crippen LogP contribution < -0.4 is 20.9 Å². The van der Waals surface area contributed by atoms with Crippen molar-refractivity contribution in [3.63, 3.8) is 0 Å². The lowest BCUT2D eigenvalue weighted by atomic mass is 9.82. The van der Waals surface area contributed by atoms with Crippen LogP contribution in [0, 0.1) is 17.2 Å². The predicted molar refractivity (Wildman–Crippen MR) is 210 cm³/mol. The fraction of sp³-hybridized carbons (Fsp3) is 0.550. The summed E-state index contributed by atoms with van der Waals surface area (Å²) in [6.45, 7) is 3.49. The van der Waals surface area contributed by atoms with Crippen molar-refractivity contribution in [2.45, 2.75) is 101 Å². The highest BCUT2D eigenvalue weighted by atomic mass is 32.1. The van der Waals surface area contributed by atoms with E-state index in [-0.39, 0.29) is 42.3 Å². The Morgan fingerprint density at radius 2 is 1.69 bits per heavy atom. The molecule has 1 saturated carbocycles. The number of rotatable bonds is 11. The number of hydrogen-bond donors (Lipinski definition) is 3. The Hall–Kier alpha value is -4.80. The van der Waals surface area contributed by atoms with Crippen LogP contribution in [0.3, 0.4) is 0 Å². The van der Waals surface area contributed by atoms with Gasteiger partial charge < -0.3 is 20.4 Å². The van der Waals surface area contributed by atoms with Gasteiger partial charge in [-0.2, -0.15) is 31.6 Å². The fourth-order valence-electron chi connectivity index (χ4n) is 8.63. The first kappa shape index (κ1) is 43.8. The first-order valence-electron chi connectivity index (χ1n) is 19.6. The maximum Gasteiger partial charge on any atom is 0.417 e. The lowest BCUT2D eigenvalue weighted by molar-refractivity contribution is -0.197. The van der Waals surface area contributed by atoms with Crippen LogP contribution in [-0.4, -0.2) is 106 Å².